The minimum Gasteiger partial charge on any atom is -0.294 e. The number of benzene rings is 1. The Morgan fingerprint density at radius 2 is 1.54 bits per heavy atom. The largest absolute Gasteiger partial charge is 0.294 e. The van der Waals surface area contributed by atoms with Gasteiger partial charge >= 0.3 is 0 Å². The quantitative estimate of drug-likeness (QED) is 0.615. The molecule has 1 rings (SSSR count). The maximum absolute atomic E-state index is 12.6. The van der Waals surface area contributed by atoms with E-state index in [0.717, 1.165) is 19.1 Å². The van der Waals surface area contributed by atoms with E-state index in [1.165, 1.54) is 6.07 Å². The number of hydrogen-bond donors (Lipinski definition) is 0. The first kappa shape index (κ1) is 11.8. The van der Waals surface area contributed by atoms with Crippen molar-refractivity contribution in [2.75, 3.05) is 0 Å². The van der Waals surface area contributed by atoms with E-state index in [2.05, 4.69) is 0 Å². The van der Waals surface area contributed by atoms with Gasteiger partial charge < -0.3 is 0 Å². The fourth-order valence-corrected chi connectivity index (χ4v) is 0.834. The molecule has 0 atom stereocenters. The van der Waals surface area contributed by atoms with Gasteiger partial charge in [0.15, 0.2) is 5.78 Å². The summed E-state index contributed by atoms with van der Waals surface area (Å²) in [6.07, 6.45) is 0. The van der Waals surface area contributed by atoms with Gasteiger partial charge in [0.05, 0.1) is 5.56 Å². The van der Waals surface area contributed by atoms with Crippen LogP contribution in [0.25, 0.3) is 0 Å². The highest BCUT2D eigenvalue weighted by molar-refractivity contribution is 5.94. The Labute approximate surface area is 76.4 Å². The molecule has 0 amide bonds. The van der Waals surface area contributed by atoms with Gasteiger partial charge in [0.25, 0.3) is 0 Å². The van der Waals surface area contributed by atoms with Gasteiger partial charge in [-0.15, -0.1) is 0 Å². The monoisotopic (exact) mass is 186 g/mol. The van der Waals surface area contributed by atoms with Crippen molar-refractivity contribution >= 4 is 5.78 Å². The van der Waals surface area contributed by atoms with Crippen molar-refractivity contribution in [3.05, 3.63) is 35.4 Å². The summed E-state index contributed by atoms with van der Waals surface area (Å²) in [6.45, 7) is 5.13. The Morgan fingerprint density at radius 3 is 1.77 bits per heavy atom. The van der Waals surface area contributed by atoms with E-state index in [0.29, 0.717) is 0 Å². The minimum absolute atomic E-state index is 0.465. The van der Waals surface area contributed by atoms with Crippen molar-refractivity contribution in [3.8, 4) is 0 Å². The highest BCUT2D eigenvalue weighted by Gasteiger charge is 2.11. The van der Waals surface area contributed by atoms with Crippen LogP contribution in [0.4, 0.5) is 8.78 Å². The lowest BCUT2D eigenvalue weighted by Crippen LogP contribution is -2.00. The molecule has 0 aliphatic heterocycles. The Balaban J connectivity index is 0.000000671. The Kier molecular flexibility index (Phi) is 4.89. The minimum atomic E-state index is -0.808. The van der Waals surface area contributed by atoms with E-state index in [1.807, 2.05) is 13.8 Å². The summed E-state index contributed by atoms with van der Waals surface area (Å²) in [5.74, 6) is -2.21. The van der Waals surface area contributed by atoms with Crippen LogP contribution in [0.3, 0.4) is 0 Å². The second-order valence-electron chi connectivity index (χ2n) is 2.15. The van der Waals surface area contributed by atoms with E-state index < -0.39 is 23.0 Å². The number of ketones is 1. The zero-order valence-electron chi connectivity index (χ0n) is 7.90. The predicted octanol–water partition coefficient (Wildman–Crippen LogP) is 3.19. The zero-order valence-corrected chi connectivity index (χ0v) is 7.90. The van der Waals surface area contributed by atoms with Crippen molar-refractivity contribution in [1.82, 2.24) is 0 Å². The van der Waals surface area contributed by atoms with Crippen LogP contribution in [0.2, 0.25) is 0 Å². The molecule has 0 aliphatic carbocycles. The molecule has 0 unspecified atom stereocenters. The van der Waals surface area contributed by atoms with Gasteiger partial charge in [-0.05, 0) is 19.1 Å². The molecule has 3 heteroatoms. The molecule has 0 heterocycles. The highest BCUT2D eigenvalue weighted by atomic mass is 19.1. The summed E-state index contributed by atoms with van der Waals surface area (Å²) in [6, 6.07) is 3.33. The summed E-state index contributed by atoms with van der Waals surface area (Å²) in [5.41, 5.74) is -0.465. The van der Waals surface area contributed by atoms with Crippen LogP contribution in [0.1, 0.15) is 31.1 Å². The lowest BCUT2D eigenvalue weighted by Gasteiger charge is -1.97. The lowest BCUT2D eigenvalue weighted by molar-refractivity contribution is 0.101. The third kappa shape index (κ3) is 2.93. The van der Waals surface area contributed by atoms with E-state index in [1.54, 1.807) is 0 Å². The predicted molar refractivity (Wildman–Crippen MR) is 47.7 cm³/mol. The summed E-state index contributed by atoms with van der Waals surface area (Å²) >= 11 is 0. The van der Waals surface area contributed by atoms with Crippen LogP contribution in [-0.2, 0) is 0 Å². The van der Waals surface area contributed by atoms with Gasteiger partial charge in [0.2, 0.25) is 0 Å². The molecule has 0 radical (unpaired) electrons. The zero-order chi connectivity index (χ0) is 10.4. The van der Waals surface area contributed by atoms with Crippen molar-refractivity contribution in [2.24, 2.45) is 0 Å². The Bertz CT molecular complexity index is 275. The van der Waals surface area contributed by atoms with Gasteiger partial charge in [-0.3, -0.25) is 4.79 Å². The highest BCUT2D eigenvalue weighted by Crippen LogP contribution is 2.11. The number of hydrogen-bond acceptors (Lipinski definition) is 1. The number of carbonyl (C=O) groups is 1. The first-order valence-corrected chi connectivity index (χ1v) is 4.08. The van der Waals surface area contributed by atoms with Gasteiger partial charge in [0.1, 0.15) is 11.6 Å². The molecule has 1 aromatic rings. The molecule has 13 heavy (non-hydrogen) atoms. The first-order valence-electron chi connectivity index (χ1n) is 4.08. The van der Waals surface area contributed by atoms with E-state index >= 15 is 0 Å². The molecule has 0 saturated carbocycles. The van der Waals surface area contributed by atoms with Crippen LogP contribution in [0.5, 0.6) is 0 Å². The van der Waals surface area contributed by atoms with Crippen LogP contribution in [0.15, 0.2) is 18.2 Å². The third-order valence-electron chi connectivity index (χ3n) is 1.31. The van der Waals surface area contributed by atoms with Gasteiger partial charge in [-0.1, -0.05) is 19.9 Å². The van der Waals surface area contributed by atoms with E-state index in [-0.39, 0.29) is 0 Å². The summed E-state index contributed by atoms with van der Waals surface area (Å²) in [7, 11) is 0. The normalized spacial score (nSPS) is 8.69. The number of Topliss-reactive ketones (excluding diaryl/α,β-unsaturated/α-hetero) is 1. The average molecular weight is 186 g/mol. The van der Waals surface area contributed by atoms with Gasteiger partial charge in [0, 0.05) is 0 Å². The Morgan fingerprint density at radius 1 is 1.15 bits per heavy atom. The summed E-state index contributed by atoms with van der Waals surface area (Å²) < 4.78 is 25.3. The second-order valence-corrected chi connectivity index (χ2v) is 2.15. The van der Waals surface area contributed by atoms with E-state index in [9.17, 15) is 13.6 Å². The molecule has 0 bridgehead atoms. The Hall–Kier alpha value is -1.25. The molecule has 0 spiro atoms. The van der Waals surface area contributed by atoms with Gasteiger partial charge in [-0.2, -0.15) is 0 Å². The fourth-order valence-electron chi connectivity index (χ4n) is 0.834. The average Bonchev–Trinajstić information content (AvgIpc) is 2.07. The summed E-state index contributed by atoms with van der Waals surface area (Å²) in [4.78, 5) is 10.6. The number of carbonyl (C=O) groups excluding carboxylic acids is 1. The summed E-state index contributed by atoms with van der Waals surface area (Å²) in [5, 5.41) is 0. The fraction of sp³-hybridized carbons (Fsp3) is 0.300. The molecule has 0 N–H and O–H groups in total. The van der Waals surface area contributed by atoms with Crippen LogP contribution >= 0.6 is 0 Å². The molecular formula is C10H12F2O. The van der Waals surface area contributed by atoms with Crippen molar-refractivity contribution in [1.29, 1.82) is 0 Å². The van der Waals surface area contributed by atoms with E-state index in [4.69, 9.17) is 0 Å². The molecule has 72 valence electrons. The van der Waals surface area contributed by atoms with Crippen molar-refractivity contribution in [2.45, 2.75) is 20.8 Å². The van der Waals surface area contributed by atoms with Crippen molar-refractivity contribution in [3.63, 3.8) is 0 Å². The molecule has 0 aromatic heterocycles. The first-order chi connectivity index (χ1) is 6.13. The lowest BCUT2D eigenvalue weighted by atomic mass is 10.1. The standard InChI is InChI=1S/C8H6F2O.C2H6/c1-5(11)8-6(9)3-2-4-7(8)10;1-2/h2-4H,1H3;1-2H3. The van der Waals surface area contributed by atoms with Crippen LogP contribution in [-0.4, -0.2) is 5.78 Å². The van der Waals surface area contributed by atoms with Crippen molar-refractivity contribution < 1.29 is 13.6 Å². The van der Waals surface area contributed by atoms with Crippen LogP contribution in [0, 0.1) is 11.6 Å². The number of rotatable bonds is 1. The van der Waals surface area contributed by atoms with Crippen LogP contribution < -0.4 is 0 Å². The number of halogens is 2. The maximum atomic E-state index is 12.6. The molecule has 0 saturated heterocycles. The maximum Gasteiger partial charge on any atom is 0.165 e. The smallest absolute Gasteiger partial charge is 0.165 e. The molecule has 1 nitrogen and oxygen atoms in total. The van der Waals surface area contributed by atoms with Gasteiger partial charge in [-0.25, -0.2) is 8.78 Å². The molecule has 1 aromatic carbocycles. The SMILES string of the molecule is CC.CC(=O)c1c(F)cccc1F. The topological polar surface area (TPSA) is 17.1 Å². The second kappa shape index (κ2) is 5.41. The molecule has 0 aliphatic rings. The molecular weight excluding hydrogens is 174 g/mol. The molecule has 0 fully saturated rings. The third-order valence-corrected chi connectivity index (χ3v) is 1.31.